The van der Waals surface area contributed by atoms with Crippen LogP contribution in [0, 0.1) is 0 Å². The summed E-state index contributed by atoms with van der Waals surface area (Å²) in [6.07, 6.45) is 2.73. The summed E-state index contributed by atoms with van der Waals surface area (Å²) in [6.45, 7) is 1.84. The quantitative estimate of drug-likeness (QED) is 0.751. The number of nitrogens with two attached hydrogens (primary N) is 1. The standard InChI is InChI=1S/C13H14N4/c14-12-4-3-10-5-7-17(9-11(10)8-12)13-2-1-6-15-16-13/h1-4,6,8H,5,7,9,14H2. The Morgan fingerprint density at radius 1 is 1.18 bits per heavy atom. The Bertz CT molecular complexity index is 524. The van der Waals surface area contributed by atoms with Crippen LogP contribution in [0.3, 0.4) is 0 Å². The van der Waals surface area contributed by atoms with Gasteiger partial charge in [-0.1, -0.05) is 6.07 Å². The average Bonchev–Trinajstić information content (AvgIpc) is 2.39. The monoisotopic (exact) mass is 226 g/mol. The Morgan fingerprint density at radius 3 is 2.94 bits per heavy atom. The first-order valence-corrected chi connectivity index (χ1v) is 5.73. The van der Waals surface area contributed by atoms with Gasteiger partial charge in [-0.15, -0.1) is 5.10 Å². The first-order chi connectivity index (χ1) is 8.33. The van der Waals surface area contributed by atoms with Gasteiger partial charge < -0.3 is 10.6 Å². The van der Waals surface area contributed by atoms with Crippen LogP contribution in [-0.2, 0) is 13.0 Å². The Hall–Kier alpha value is -2.10. The Balaban J connectivity index is 1.90. The molecule has 0 saturated carbocycles. The average molecular weight is 226 g/mol. The maximum Gasteiger partial charge on any atom is 0.151 e. The predicted molar refractivity (Wildman–Crippen MR) is 67.6 cm³/mol. The van der Waals surface area contributed by atoms with Crippen molar-refractivity contribution in [2.24, 2.45) is 0 Å². The lowest BCUT2D eigenvalue weighted by atomic mass is 9.99. The molecule has 0 radical (unpaired) electrons. The molecule has 0 atom stereocenters. The summed E-state index contributed by atoms with van der Waals surface area (Å²) in [5.74, 6) is 0.931. The fourth-order valence-corrected chi connectivity index (χ4v) is 2.23. The van der Waals surface area contributed by atoms with Crippen LogP contribution in [0.1, 0.15) is 11.1 Å². The van der Waals surface area contributed by atoms with E-state index in [1.54, 1.807) is 6.20 Å². The number of aromatic nitrogens is 2. The minimum atomic E-state index is 0.824. The van der Waals surface area contributed by atoms with Crippen LogP contribution >= 0.6 is 0 Å². The normalized spacial score (nSPS) is 14.5. The third kappa shape index (κ3) is 1.93. The maximum absolute atomic E-state index is 5.82. The molecule has 4 nitrogen and oxygen atoms in total. The maximum atomic E-state index is 5.82. The van der Waals surface area contributed by atoms with E-state index in [-0.39, 0.29) is 0 Å². The first-order valence-electron chi connectivity index (χ1n) is 5.73. The summed E-state index contributed by atoms with van der Waals surface area (Å²) in [5.41, 5.74) is 9.33. The van der Waals surface area contributed by atoms with Crippen LogP contribution in [0.15, 0.2) is 36.5 Å². The molecule has 0 bridgehead atoms. The highest BCUT2D eigenvalue weighted by Crippen LogP contribution is 2.24. The molecule has 1 aliphatic rings. The van der Waals surface area contributed by atoms with Gasteiger partial charge in [0.1, 0.15) is 0 Å². The topological polar surface area (TPSA) is 55.0 Å². The molecule has 2 heterocycles. The van der Waals surface area contributed by atoms with E-state index < -0.39 is 0 Å². The first kappa shape index (κ1) is 10.1. The zero-order chi connectivity index (χ0) is 11.7. The minimum absolute atomic E-state index is 0.824. The number of fused-ring (bicyclic) bond motifs is 1. The summed E-state index contributed by atoms with van der Waals surface area (Å²) in [4.78, 5) is 2.23. The Labute approximate surface area is 100 Å². The van der Waals surface area contributed by atoms with E-state index in [1.807, 2.05) is 18.2 Å². The molecule has 86 valence electrons. The lowest BCUT2D eigenvalue weighted by molar-refractivity contribution is 0.713. The number of rotatable bonds is 1. The van der Waals surface area contributed by atoms with Crippen molar-refractivity contribution in [2.75, 3.05) is 17.2 Å². The van der Waals surface area contributed by atoms with Gasteiger partial charge in [0.25, 0.3) is 0 Å². The minimum Gasteiger partial charge on any atom is -0.399 e. The van der Waals surface area contributed by atoms with E-state index in [0.717, 1.165) is 31.0 Å². The highest BCUT2D eigenvalue weighted by Gasteiger charge is 2.17. The van der Waals surface area contributed by atoms with Gasteiger partial charge in [-0.2, -0.15) is 5.10 Å². The van der Waals surface area contributed by atoms with Gasteiger partial charge in [-0.3, -0.25) is 0 Å². The molecule has 3 rings (SSSR count). The molecule has 1 aliphatic heterocycles. The number of hydrogen-bond acceptors (Lipinski definition) is 4. The smallest absolute Gasteiger partial charge is 0.151 e. The molecule has 2 N–H and O–H groups in total. The SMILES string of the molecule is Nc1ccc2c(c1)CN(c1cccnn1)CC2. The largest absolute Gasteiger partial charge is 0.399 e. The van der Waals surface area contributed by atoms with Crippen molar-refractivity contribution in [3.8, 4) is 0 Å². The van der Waals surface area contributed by atoms with Crippen molar-refractivity contribution < 1.29 is 0 Å². The number of anilines is 2. The zero-order valence-electron chi connectivity index (χ0n) is 9.50. The molecule has 0 spiro atoms. The van der Waals surface area contributed by atoms with Gasteiger partial charge in [-0.05, 0) is 41.8 Å². The number of nitrogen functional groups attached to an aromatic ring is 1. The zero-order valence-corrected chi connectivity index (χ0v) is 9.50. The molecular weight excluding hydrogens is 212 g/mol. The van der Waals surface area contributed by atoms with Gasteiger partial charge in [0.2, 0.25) is 0 Å². The van der Waals surface area contributed by atoms with E-state index in [9.17, 15) is 0 Å². The van der Waals surface area contributed by atoms with Crippen LogP contribution in [0.2, 0.25) is 0 Å². The molecule has 0 fully saturated rings. The van der Waals surface area contributed by atoms with Crippen molar-refractivity contribution in [3.05, 3.63) is 47.7 Å². The summed E-state index contributed by atoms with van der Waals surface area (Å²) in [6, 6.07) is 10.1. The Kier molecular flexibility index (Phi) is 2.40. The second-order valence-electron chi connectivity index (χ2n) is 4.28. The lowest BCUT2D eigenvalue weighted by Crippen LogP contribution is -2.31. The molecule has 0 saturated heterocycles. The second-order valence-corrected chi connectivity index (χ2v) is 4.28. The van der Waals surface area contributed by atoms with Gasteiger partial charge in [0.05, 0.1) is 0 Å². The van der Waals surface area contributed by atoms with Crippen molar-refractivity contribution in [1.82, 2.24) is 10.2 Å². The van der Waals surface area contributed by atoms with Crippen LogP contribution < -0.4 is 10.6 Å². The Morgan fingerprint density at radius 2 is 2.12 bits per heavy atom. The fourth-order valence-electron chi connectivity index (χ4n) is 2.23. The third-order valence-electron chi connectivity index (χ3n) is 3.12. The third-order valence-corrected chi connectivity index (χ3v) is 3.12. The molecule has 1 aromatic heterocycles. The highest BCUT2D eigenvalue weighted by molar-refractivity contribution is 5.49. The van der Waals surface area contributed by atoms with Crippen LogP contribution in [-0.4, -0.2) is 16.7 Å². The number of benzene rings is 1. The summed E-state index contributed by atoms with van der Waals surface area (Å²) < 4.78 is 0. The van der Waals surface area contributed by atoms with Gasteiger partial charge in [-0.25, -0.2) is 0 Å². The number of nitrogens with zero attached hydrogens (tertiary/aromatic N) is 3. The van der Waals surface area contributed by atoms with E-state index in [4.69, 9.17) is 5.73 Å². The summed E-state index contributed by atoms with van der Waals surface area (Å²) >= 11 is 0. The van der Waals surface area contributed by atoms with Gasteiger partial charge >= 0.3 is 0 Å². The molecule has 1 aromatic carbocycles. The van der Waals surface area contributed by atoms with Gasteiger partial charge in [0.15, 0.2) is 5.82 Å². The van der Waals surface area contributed by atoms with Crippen molar-refractivity contribution >= 4 is 11.5 Å². The van der Waals surface area contributed by atoms with Crippen molar-refractivity contribution in [1.29, 1.82) is 0 Å². The van der Waals surface area contributed by atoms with E-state index >= 15 is 0 Å². The number of hydrogen-bond donors (Lipinski definition) is 1. The molecule has 0 aliphatic carbocycles. The predicted octanol–water partition coefficient (Wildman–Crippen LogP) is 1.62. The molecule has 2 aromatic rings. The molecule has 4 heteroatoms. The fraction of sp³-hybridized carbons (Fsp3) is 0.231. The molecule has 17 heavy (non-hydrogen) atoms. The van der Waals surface area contributed by atoms with Gasteiger partial charge in [0, 0.05) is 25.0 Å². The second kappa shape index (κ2) is 4.05. The van der Waals surface area contributed by atoms with Crippen LogP contribution in [0.25, 0.3) is 0 Å². The van der Waals surface area contributed by atoms with E-state index in [2.05, 4.69) is 27.2 Å². The summed E-state index contributed by atoms with van der Waals surface area (Å²) in [5, 5.41) is 8.06. The highest BCUT2D eigenvalue weighted by atomic mass is 15.3. The molecule has 0 amide bonds. The van der Waals surface area contributed by atoms with Crippen molar-refractivity contribution in [2.45, 2.75) is 13.0 Å². The summed E-state index contributed by atoms with van der Waals surface area (Å²) in [7, 11) is 0. The lowest BCUT2D eigenvalue weighted by Gasteiger charge is -2.29. The van der Waals surface area contributed by atoms with E-state index in [0.29, 0.717) is 0 Å². The van der Waals surface area contributed by atoms with E-state index in [1.165, 1.54) is 11.1 Å². The van der Waals surface area contributed by atoms with Crippen LogP contribution in [0.4, 0.5) is 11.5 Å². The van der Waals surface area contributed by atoms with Crippen LogP contribution in [0.5, 0.6) is 0 Å². The molecule has 0 unspecified atom stereocenters. The molecular formula is C13H14N4. The van der Waals surface area contributed by atoms with Crippen molar-refractivity contribution in [3.63, 3.8) is 0 Å².